The Balaban J connectivity index is 1.95. The van der Waals surface area contributed by atoms with Crippen LogP contribution < -0.4 is 10.5 Å². The van der Waals surface area contributed by atoms with Gasteiger partial charge in [-0.2, -0.15) is 13.2 Å². The van der Waals surface area contributed by atoms with Crippen LogP contribution in [0, 0.1) is 12.7 Å². The minimum atomic E-state index is -4.61. The molecule has 1 atom stereocenters. The van der Waals surface area contributed by atoms with Crippen molar-refractivity contribution in [2.45, 2.75) is 45.9 Å². The van der Waals surface area contributed by atoms with E-state index in [0.717, 1.165) is 12.3 Å². The van der Waals surface area contributed by atoms with Crippen molar-refractivity contribution in [3.63, 3.8) is 0 Å². The Morgan fingerprint density at radius 3 is 2.46 bits per heavy atom. The maximum Gasteiger partial charge on any atom is 0.433 e. The lowest BCUT2D eigenvalue weighted by atomic mass is 9.91. The molecule has 4 aromatic rings. The molecule has 3 heterocycles. The molecule has 4 rings (SSSR count). The van der Waals surface area contributed by atoms with Crippen LogP contribution in [0.5, 0.6) is 5.75 Å². The highest BCUT2D eigenvalue weighted by atomic mass is 35.5. The summed E-state index contributed by atoms with van der Waals surface area (Å²) in [6.45, 7) is 6.96. The number of imidazole rings is 1. The molecule has 0 aliphatic carbocycles. The normalized spacial score (nSPS) is 13.0. The largest absolute Gasteiger partial charge is 0.490 e. The van der Waals surface area contributed by atoms with E-state index in [2.05, 4.69) is 15.0 Å². The van der Waals surface area contributed by atoms with Crippen LogP contribution in [0.3, 0.4) is 0 Å². The van der Waals surface area contributed by atoms with Crippen LogP contribution in [0.2, 0.25) is 5.15 Å². The van der Waals surface area contributed by atoms with Gasteiger partial charge < -0.3 is 10.5 Å². The van der Waals surface area contributed by atoms with E-state index in [1.807, 2.05) is 6.92 Å². The number of hydrogen-bond donors (Lipinski definition) is 1. The van der Waals surface area contributed by atoms with Gasteiger partial charge in [-0.3, -0.25) is 9.38 Å². The first-order valence-electron chi connectivity index (χ1n) is 10.7. The van der Waals surface area contributed by atoms with Gasteiger partial charge in [-0.25, -0.2) is 14.4 Å². The van der Waals surface area contributed by atoms with Gasteiger partial charge in [0.2, 0.25) is 0 Å². The zero-order valence-electron chi connectivity index (χ0n) is 19.3. The number of anilines is 1. The maximum atomic E-state index is 15.5. The molecule has 0 fully saturated rings. The van der Waals surface area contributed by atoms with Crippen molar-refractivity contribution in [2.75, 3.05) is 5.73 Å². The predicted molar refractivity (Wildman–Crippen MR) is 125 cm³/mol. The molecule has 0 saturated heterocycles. The molecule has 0 radical (unpaired) electrons. The van der Waals surface area contributed by atoms with Crippen molar-refractivity contribution in [1.82, 2.24) is 19.4 Å². The predicted octanol–water partition coefficient (Wildman–Crippen LogP) is 6.43. The van der Waals surface area contributed by atoms with Gasteiger partial charge in [0.1, 0.15) is 28.6 Å². The second kappa shape index (κ2) is 8.99. The number of halogens is 5. The van der Waals surface area contributed by atoms with Crippen LogP contribution in [0.4, 0.5) is 23.4 Å². The second-order valence-corrected chi connectivity index (χ2v) is 8.77. The Bertz CT molecular complexity index is 1400. The van der Waals surface area contributed by atoms with E-state index in [0.29, 0.717) is 16.9 Å². The Morgan fingerprint density at radius 2 is 1.86 bits per heavy atom. The van der Waals surface area contributed by atoms with Gasteiger partial charge in [0.25, 0.3) is 0 Å². The van der Waals surface area contributed by atoms with E-state index in [1.54, 1.807) is 37.4 Å². The summed E-state index contributed by atoms with van der Waals surface area (Å²) < 4.78 is 62.4. The molecule has 184 valence electrons. The van der Waals surface area contributed by atoms with E-state index >= 15 is 4.39 Å². The minimum absolute atomic E-state index is 0.0231. The third-order valence-corrected chi connectivity index (χ3v) is 5.81. The number of aryl methyl sites for hydroxylation is 1. The maximum absolute atomic E-state index is 15.5. The molecule has 1 aromatic carbocycles. The van der Waals surface area contributed by atoms with Gasteiger partial charge in [0.05, 0.1) is 11.7 Å². The highest BCUT2D eigenvalue weighted by Gasteiger charge is 2.33. The van der Waals surface area contributed by atoms with Crippen molar-refractivity contribution in [1.29, 1.82) is 0 Å². The van der Waals surface area contributed by atoms with Gasteiger partial charge >= 0.3 is 6.18 Å². The molecule has 0 amide bonds. The summed E-state index contributed by atoms with van der Waals surface area (Å²) in [6.07, 6.45) is -0.799. The Kier molecular flexibility index (Phi) is 6.35. The average molecular weight is 508 g/mol. The van der Waals surface area contributed by atoms with Crippen LogP contribution in [-0.2, 0) is 6.18 Å². The van der Waals surface area contributed by atoms with Gasteiger partial charge in [-0.15, -0.1) is 0 Å². The highest BCUT2D eigenvalue weighted by molar-refractivity contribution is 6.33. The molecule has 0 spiro atoms. The smallest absolute Gasteiger partial charge is 0.433 e. The fourth-order valence-electron chi connectivity index (χ4n) is 3.94. The third-order valence-electron chi connectivity index (χ3n) is 5.54. The molecule has 11 heteroatoms. The van der Waals surface area contributed by atoms with Crippen LogP contribution in [0.15, 0.2) is 36.8 Å². The van der Waals surface area contributed by atoms with E-state index in [4.69, 9.17) is 22.1 Å². The standard InChI is InChI=1S/C24H22ClF4N5O/c1-11(2)35-20-15(13(4)23-33-21(25)19-22(30)31-7-8-34(19)23)9-12(3)18(26)17(20)14-5-6-16(32-10-14)24(27,28)29/h5-11,13H,1-4H3,(H2,30,31)/t13-/m1/s1. The first kappa shape index (κ1) is 24.7. The number of alkyl halides is 3. The van der Waals surface area contributed by atoms with Gasteiger partial charge in [0.15, 0.2) is 11.0 Å². The molecule has 0 aliphatic heterocycles. The van der Waals surface area contributed by atoms with Crippen LogP contribution in [0.25, 0.3) is 16.6 Å². The summed E-state index contributed by atoms with van der Waals surface area (Å²) in [4.78, 5) is 12.0. The fraction of sp³-hybridized carbons (Fsp3) is 0.292. The quantitative estimate of drug-likeness (QED) is 0.315. The first-order chi connectivity index (χ1) is 16.4. The summed E-state index contributed by atoms with van der Waals surface area (Å²) in [7, 11) is 0. The van der Waals surface area contributed by atoms with Crippen LogP contribution >= 0.6 is 11.6 Å². The minimum Gasteiger partial charge on any atom is -0.490 e. The summed E-state index contributed by atoms with van der Waals surface area (Å²) in [5.41, 5.74) is 6.38. The lowest BCUT2D eigenvalue weighted by Crippen LogP contribution is -2.13. The number of rotatable bonds is 5. The molecule has 2 N–H and O–H groups in total. The molecule has 35 heavy (non-hydrogen) atoms. The molecule has 0 aliphatic rings. The van der Waals surface area contributed by atoms with Crippen molar-refractivity contribution in [3.05, 3.63) is 70.4 Å². The van der Waals surface area contributed by atoms with Crippen molar-refractivity contribution < 1.29 is 22.3 Å². The Hall–Kier alpha value is -3.40. The lowest BCUT2D eigenvalue weighted by Gasteiger charge is -2.23. The van der Waals surface area contributed by atoms with Gasteiger partial charge in [-0.05, 0) is 38.5 Å². The molecular formula is C24H22ClF4N5O. The molecule has 3 aromatic heterocycles. The zero-order chi connectivity index (χ0) is 25.7. The first-order valence-corrected chi connectivity index (χ1v) is 11.1. The molecule has 0 unspecified atom stereocenters. The van der Waals surface area contributed by atoms with Crippen LogP contribution in [0.1, 0.15) is 49.3 Å². The number of hydrogen-bond acceptors (Lipinski definition) is 5. The highest BCUT2D eigenvalue weighted by Crippen LogP contribution is 2.43. The summed E-state index contributed by atoms with van der Waals surface area (Å²) in [5.74, 6) is -0.181. The molecule has 6 nitrogen and oxygen atoms in total. The number of nitrogens with two attached hydrogens (primary N) is 1. The van der Waals surface area contributed by atoms with Gasteiger partial charge in [-0.1, -0.05) is 24.6 Å². The number of pyridine rings is 1. The third kappa shape index (κ3) is 4.50. The number of ether oxygens (including phenoxy) is 1. The van der Waals surface area contributed by atoms with Crippen molar-refractivity contribution in [3.8, 4) is 16.9 Å². The Labute approximate surface area is 203 Å². The number of nitrogens with zero attached hydrogens (tertiary/aromatic N) is 4. The molecular weight excluding hydrogens is 486 g/mol. The molecule has 0 bridgehead atoms. The fourth-order valence-corrected chi connectivity index (χ4v) is 4.22. The summed E-state index contributed by atoms with van der Waals surface area (Å²) in [5, 5.41) is 0.162. The number of nitrogen functional groups attached to an aromatic ring is 1. The van der Waals surface area contributed by atoms with E-state index in [-0.39, 0.29) is 39.5 Å². The monoisotopic (exact) mass is 507 g/mol. The van der Waals surface area contributed by atoms with E-state index in [9.17, 15) is 13.2 Å². The van der Waals surface area contributed by atoms with Crippen molar-refractivity contribution in [2.24, 2.45) is 0 Å². The second-order valence-electron chi connectivity index (χ2n) is 8.41. The number of aromatic nitrogens is 4. The zero-order valence-corrected chi connectivity index (χ0v) is 20.0. The topological polar surface area (TPSA) is 78.3 Å². The van der Waals surface area contributed by atoms with Crippen LogP contribution in [-0.4, -0.2) is 25.5 Å². The lowest BCUT2D eigenvalue weighted by molar-refractivity contribution is -0.141. The number of fused-ring (bicyclic) bond motifs is 1. The van der Waals surface area contributed by atoms with E-state index in [1.165, 1.54) is 12.3 Å². The SMILES string of the molecule is Cc1cc([C@@H](C)c2nc(Cl)c3c(N)nccn23)c(OC(C)C)c(-c2ccc(C(F)(F)F)nc2)c1F. The average Bonchev–Trinajstić information content (AvgIpc) is 3.13. The van der Waals surface area contributed by atoms with E-state index < -0.39 is 23.6 Å². The summed E-state index contributed by atoms with van der Waals surface area (Å²) in [6, 6.07) is 3.64. The van der Waals surface area contributed by atoms with Crippen molar-refractivity contribution >= 4 is 22.9 Å². The summed E-state index contributed by atoms with van der Waals surface area (Å²) >= 11 is 6.33. The number of benzene rings is 1. The Morgan fingerprint density at radius 1 is 1.14 bits per heavy atom. The van der Waals surface area contributed by atoms with Gasteiger partial charge in [0, 0.05) is 35.6 Å². The molecule has 0 saturated carbocycles.